The molecule has 8 heteroatoms. The maximum atomic E-state index is 13.0. The molecule has 1 fully saturated rings. The van der Waals surface area contributed by atoms with E-state index in [9.17, 15) is 4.79 Å². The summed E-state index contributed by atoms with van der Waals surface area (Å²) >= 11 is 1.47. The molecule has 2 aromatic carbocycles. The largest absolute Gasteiger partial charge is 0.494 e. The van der Waals surface area contributed by atoms with Crippen LogP contribution in [-0.2, 0) is 4.79 Å². The average Bonchev–Trinajstić information content (AvgIpc) is 3.26. The van der Waals surface area contributed by atoms with E-state index in [1.54, 1.807) is 0 Å². The Labute approximate surface area is 196 Å². The molecule has 0 saturated carbocycles. The summed E-state index contributed by atoms with van der Waals surface area (Å²) in [6, 6.07) is 19.8. The molecule has 168 valence electrons. The average molecular weight is 460 g/mol. The van der Waals surface area contributed by atoms with Gasteiger partial charge in [-0.2, -0.15) is 0 Å². The highest BCUT2D eigenvalue weighted by atomic mass is 32.1. The van der Waals surface area contributed by atoms with Crippen LogP contribution in [-0.4, -0.2) is 40.8 Å². The number of thiazole rings is 1. The molecule has 1 atom stereocenters. The highest BCUT2D eigenvalue weighted by Gasteiger charge is 2.27. The van der Waals surface area contributed by atoms with E-state index >= 15 is 0 Å². The van der Waals surface area contributed by atoms with E-state index in [-0.39, 0.29) is 11.8 Å². The zero-order chi connectivity index (χ0) is 22.6. The minimum atomic E-state index is -0.125. The van der Waals surface area contributed by atoms with Crippen LogP contribution in [0.15, 0.2) is 60.7 Å². The van der Waals surface area contributed by atoms with Gasteiger partial charge in [0.15, 0.2) is 10.9 Å². The number of hydrogen-bond donors (Lipinski definition) is 1. The van der Waals surface area contributed by atoms with Gasteiger partial charge in [0, 0.05) is 18.7 Å². The van der Waals surface area contributed by atoms with E-state index in [1.807, 2.05) is 67.6 Å². The van der Waals surface area contributed by atoms with Crippen molar-refractivity contribution in [2.45, 2.75) is 19.8 Å². The van der Waals surface area contributed by atoms with Crippen LogP contribution in [0.3, 0.4) is 0 Å². The van der Waals surface area contributed by atoms with Crippen LogP contribution in [0, 0.1) is 5.92 Å². The van der Waals surface area contributed by atoms with Gasteiger partial charge in [0.1, 0.15) is 5.75 Å². The maximum absolute atomic E-state index is 13.0. The van der Waals surface area contributed by atoms with Gasteiger partial charge in [0.25, 0.3) is 0 Å². The van der Waals surface area contributed by atoms with Crippen molar-refractivity contribution in [2.24, 2.45) is 5.92 Å². The third-order valence-electron chi connectivity index (χ3n) is 5.74. The van der Waals surface area contributed by atoms with Crippen LogP contribution in [0.4, 0.5) is 10.9 Å². The molecule has 1 N–H and O–H groups in total. The number of anilines is 2. The van der Waals surface area contributed by atoms with Gasteiger partial charge in [-0.05, 0) is 50.1 Å². The van der Waals surface area contributed by atoms with E-state index in [4.69, 9.17) is 4.74 Å². The van der Waals surface area contributed by atoms with E-state index in [0.717, 1.165) is 52.4 Å². The predicted molar refractivity (Wildman–Crippen MR) is 132 cm³/mol. The van der Waals surface area contributed by atoms with Crippen molar-refractivity contribution < 1.29 is 9.53 Å². The highest BCUT2D eigenvalue weighted by molar-refractivity contribution is 7.22. The Morgan fingerprint density at radius 1 is 1.15 bits per heavy atom. The smallest absolute Gasteiger partial charge is 0.231 e. The normalized spacial score (nSPS) is 16.0. The first-order chi connectivity index (χ1) is 16.2. The maximum Gasteiger partial charge on any atom is 0.231 e. The number of carbonyl (C=O) groups excluding carboxylic acids is 1. The number of fused-ring (bicyclic) bond motifs is 1. The first-order valence-electron chi connectivity index (χ1n) is 11.2. The lowest BCUT2D eigenvalue weighted by atomic mass is 9.97. The van der Waals surface area contributed by atoms with Crippen LogP contribution in [0.5, 0.6) is 5.75 Å². The summed E-state index contributed by atoms with van der Waals surface area (Å²) < 4.78 is 6.56. The number of amides is 1. The second-order valence-electron chi connectivity index (χ2n) is 8.00. The highest BCUT2D eigenvalue weighted by Crippen LogP contribution is 2.30. The minimum Gasteiger partial charge on any atom is -0.494 e. The predicted octanol–water partition coefficient (Wildman–Crippen LogP) is 5.01. The van der Waals surface area contributed by atoms with E-state index in [1.165, 1.54) is 11.3 Å². The fraction of sp³-hybridized carbons (Fsp3) is 0.280. The first-order valence-corrected chi connectivity index (χ1v) is 12.0. The monoisotopic (exact) mass is 459 g/mol. The lowest BCUT2D eigenvalue weighted by Crippen LogP contribution is -2.41. The fourth-order valence-electron chi connectivity index (χ4n) is 4.08. The number of nitrogens with zero attached hydrogens (tertiary/aromatic N) is 4. The number of benzene rings is 2. The first kappa shape index (κ1) is 21.3. The lowest BCUT2D eigenvalue weighted by molar-refractivity contribution is -0.120. The zero-order valence-electron chi connectivity index (χ0n) is 18.4. The Bertz CT molecular complexity index is 1240. The molecule has 0 spiro atoms. The zero-order valence-corrected chi connectivity index (χ0v) is 19.2. The second-order valence-corrected chi connectivity index (χ2v) is 9.03. The Balaban J connectivity index is 1.25. The van der Waals surface area contributed by atoms with Crippen LogP contribution >= 0.6 is 11.3 Å². The molecule has 3 heterocycles. The molecule has 0 bridgehead atoms. The number of rotatable bonds is 6. The van der Waals surface area contributed by atoms with Gasteiger partial charge in [0.05, 0.1) is 28.4 Å². The van der Waals surface area contributed by atoms with Crippen molar-refractivity contribution in [3.8, 4) is 17.0 Å². The summed E-state index contributed by atoms with van der Waals surface area (Å²) in [7, 11) is 0. The number of piperidine rings is 1. The van der Waals surface area contributed by atoms with Crippen LogP contribution in [0.2, 0.25) is 0 Å². The number of ether oxygens (including phenoxy) is 1. The fourth-order valence-corrected chi connectivity index (χ4v) is 4.98. The number of nitrogens with one attached hydrogen (secondary N) is 1. The minimum absolute atomic E-state index is 0.00217. The van der Waals surface area contributed by atoms with Gasteiger partial charge in [0.2, 0.25) is 5.91 Å². The Morgan fingerprint density at radius 3 is 2.82 bits per heavy atom. The van der Waals surface area contributed by atoms with Crippen molar-refractivity contribution in [2.75, 3.05) is 29.9 Å². The van der Waals surface area contributed by atoms with Crippen LogP contribution < -0.4 is 15.0 Å². The summed E-state index contributed by atoms with van der Waals surface area (Å²) in [6.45, 7) is 4.06. The summed E-state index contributed by atoms with van der Waals surface area (Å²) in [6.07, 6.45) is 1.77. The van der Waals surface area contributed by atoms with Gasteiger partial charge in [-0.25, -0.2) is 4.98 Å². The van der Waals surface area contributed by atoms with Crippen LogP contribution in [0.1, 0.15) is 19.8 Å². The lowest BCUT2D eigenvalue weighted by Gasteiger charge is -2.32. The van der Waals surface area contributed by atoms with E-state index in [2.05, 4.69) is 25.4 Å². The van der Waals surface area contributed by atoms with Gasteiger partial charge in [-0.1, -0.05) is 41.7 Å². The molecule has 1 saturated heterocycles. The van der Waals surface area contributed by atoms with Crippen molar-refractivity contribution in [1.82, 2.24) is 15.2 Å². The van der Waals surface area contributed by atoms with Crippen molar-refractivity contribution >= 4 is 38.4 Å². The molecule has 2 aromatic heterocycles. The standard InChI is InChI=1S/C25H25N5O2S/c1-2-32-19-10-11-21-22(15-19)33-25(26-21)27-24(31)18-9-6-14-30(16-18)23-13-12-20(28-29-23)17-7-4-3-5-8-17/h3-5,7-8,10-13,15,18H,2,6,9,14,16H2,1H3,(H,26,27,31). The van der Waals surface area contributed by atoms with Gasteiger partial charge in [-0.15, -0.1) is 10.2 Å². The Hall–Kier alpha value is -3.52. The molecule has 0 aliphatic carbocycles. The number of aromatic nitrogens is 3. The molecule has 7 nitrogen and oxygen atoms in total. The molecule has 1 amide bonds. The summed E-state index contributed by atoms with van der Waals surface area (Å²) in [5, 5.41) is 12.5. The molecule has 1 aliphatic rings. The summed E-state index contributed by atoms with van der Waals surface area (Å²) in [5.41, 5.74) is 2.74. The number of carbonyl (C=O) groups is 1. The second kappa shape index (κ2) is 9.54. The molecule has 33 heavy (non-hydrogen) atoms. The van der Waals surface area contributed by atoms with Crippen molar-refractivity contribution in [3.63, 3.8) is 0 Å². The van der Waals surface area contributed by atoms with E-state index < -0.39 is 0 Å². The molecular formula is C25H25N5O2S. The topological polar surface area (TPSA) is 80.2 Å². The molecule has 1 aliphatic heterocycles. The molecule has 5 rings (SSSR count). The van der Waals surface area contributed by atoms with Gasteiger partial charge < -0.3 is 15.0 Å². The third kappa shape index (κ3) is 4.80. The van der Waals surface area contributed by atoms with E-state index in [0.29, 0.717) is 18.3 Å². The van der Waals surface area contributed by atoms with Crippen LogP contribution in [0.25, 0.3) is 21.5 Å². The third-order valence-corrected chi connectivity index (χ3v) is 6.67. The van der Waals surface area contributed by atoms with Gasteiger partial charge >= 0.3 is 0 Å². The SMILES string of the molecule is CCOc1ccc2nc(NC(=O)C3CCCN(c4ccc(-c5ccccc5)nn4)C3)sc2c1. The van der Waals surface area contributed by atoms with Gasteiger partial charge in [-0.3, -0.25) is 4.79 Å². The molecule has 0 radical (unpaired) electrons. The molecular weight excluding hydrogens is 434 g/mol. The molecule has 4 aromatic rings. The Morgan fingerprint density at radius 2 is 2.03 bits per heavy atom. The molecule has 1 unspecified atom stereocenters. The number of hydrogen-bond acceptors (Lipinski definition) is 7. The Kier molecular flexibility index (Phi) is 6.17. The summed E-state index contributed by atoms with van der Waals surface area (Å²) in [4.78, 5) is 19.7. The van der Waals surface area contributed by atoms with Crippen molar-refractivity contribution in [3.05, 3.63) is 60.7 Å². The quantitative estimate of drug-likeness (QED) is 0.437. The summed E-state index contributed by atoms with van der Waals surface area (Å²) in [5.74, 6) is 1.49. The van der Waals surface area contributed by atoms with Crippen molar-refractivity contribution in [1.29, 1.82) is 0 Å².